The minimum Gasteiger partial charge on any atom is -0.382 e. The second kappa shape index (κ2) is 7.08. The highest BCUT2D eigenvalue weighted by Gasteiger charge is 2.45. The second-order valence-electron chi connectivity index (χ2n) is 3.93. The molecule has 1 saturated heterocycles. The summed E-state index contributed by atoms with van der Waals surface area (Å²) in [6.45, 7) is 4.20. The van der Waals surface area contributed by atoms with E-state index >= 15 is 0 Å². The SMILES string of the molecule is C=C[C@@H]1O[C@H](COC)[C@@H](OC)[C@H](OC)[C@H]1OC. The highest BCUT2D eigenvalue weighted by Crippen LogP contribution is 2.27. The van der Waals surface area contributed by atoms with Crippen molar-refractivity contribution in [3.63, 3.8) is 0 Å². The molecule has 5 nitrogen and oxygen atoms in total. The fourth-order valence-electron chi connectivity index (χ4n) is 2.25. The Morgan fingerprint density at radius 3 is 2.00 bits per heavy atom. The first-order chi connectivity index (χ1) is 8.23. The standard InChI is InChI=1S/C12H22O5/c1-6-8-10(14-3)12(16-5)11(15-4)9(17-8)7-13-2/h6,8-12H,1,7H2,2-5H3/t8-,9+,10-,11+,12+/m0/s1. The van der Waals surface area contributed by atoms with Crippen LogP contribution in [0.3, 0.4) is 0 Å². The zero-order valence-corrected chi connectivity index (χ0v) is 10.9. The molecule has 1 fully saturated rings. The summed E-state index contributed by atoms with van der Waals surface area (Å²) in [5.41, 5.74) is 0. The summed E-state index contributed by atoms with van der Waals surface area (Å²) in [5.74, 6) is 0. The first kappa shape index (κ1) is 14.6. The molecule has 100 valence electrons. The molecular formula is C12H22O5. The van der Waals surface area contributed by atoms with Gasteiger partial charge in [-0.15, -0.1) is 6.58 Å². The largest absolute Gasteiger partial charge is 0.382 e. The van der Waals surface area contributed by atoms with Crippen molar-refractivity contribution < 1.29 is 23.7 Å². The third-order valence-corrected chi connectivity index (χ3v) is 3.05. The number of hydrogen-bond acceptors (Lipinski definition) is 5. The van der Waals surface area contributed by atoms with Crippen molar-refractivity contribution in [2.24, 2.45) is 0 Å². The average Bonchev–Trinajstić information content (AvgIpc) is 2.37. The topological polar surface area (TPSA) is 46.2 Å². The Morgan fingerprint density at radius 2 is 1.59 bits per heavy atom. The van der Waals surface area contributed by atoms with Gasteiger partial charge in [0.1, 0.15) is 30.5 Å². The first-order valence-corrected chi connectivity index (χ1v) is 5.58. The van der Waals surface area contributed by atoms with Gasteiger partial charge in [0.25, 0.3) is 0 Å². The zero-order valence-electron chi connectivity index (χ0n) is 10.9. The van der Waals surface area contributed by atoms with Crippen molar-refractivity contribution in [3.8, 4) is 0 Å². The van der Waals surface area contributed by atoms with Gasteiger partial charge in [-0.25, -0.2) is 0 Å². The molecule has 0 spiro atoms. The predicted octanol–water partition coefficient (Wildman–Crippen LogP) is 0.631. The van der Waals surface area contributed by atoms with Gasteiger partial charge in [0.15, 0.2) is 0 Å². The Kier molecular flexibility index (Phi) is 6.08. The van der Waals surface area contributed by atoms with E-state index in [1.54, 1.807) is 34.5 Å². The normalized spacial score (nSPS) is 38.0. The lowest BCUT2D eigenvalue weighted by molar-refractivity contribution is -0.238. The molecule has 1 rings (SSSR count). The van der Waals surface area contributed by atoms with E-state index in [2.05, 4.69) is 6.58 Å². The molecule has 5 atom stereocenters. The minimum absolute atomic E-state index is 0.190. The van der Waals surface area contributed by atoms with Crippen molar-refractivity contribution >= 4 is 0 Å². The van der Waals surface area contributed by atoms with Gasteiger partial charge >= 0.3 is 0 Å². The lowest BCUT2D eigenvalue weighted by atomic mass is 9.94. The molecular weight excluding hydrogens is 224 g/mol. The fraction of sp³-hybridized carbons (Fsp3) is 0.833. The Bertz CT molecular complexity index is 233. The van der Waals surface area contributed by atoms with Crippen LogP contribution in [0, 0.1) is 0 Å². The van der Waals surface area contributed by atoms with Crippen molar-refractivity contribution in [1.82, 2.24) is 0 Å². The van der Waals surface area contributed by atoms with Crippen molar-refractivity contribution in [3.05, 3.63) is 12.7 Å². The maximum Gasteiger partial charge on any atom is 0.116 e. The summed E-state index contributed by atoms with van der Waals surface area (Å²) >= 11 is 0. The van der Waals surface area contributed by atoms with E-state index in [0.717, 1.165) is 0 Å². The third kappa shape index (κ3) is 3.05. The van der Waals surface area contributed by atoms with Crippen LogP contribution in [-0.2, 0) is 23.7 Å². The summed E-state index contributed by atoms with van der Waals surface area (Å²) in [5, 5.41) is 0. The van der Waals surface area contributed by atoms with E-state index in [0.29, 0.717) is 6.61 Å². The van der Waals surface area contributed by atoms with Crippen LogP contribution >= 0.6 is 0 Å². The van der Waals surface area contributed by atoms with Gasteiger partial charge in [0, 0.05) is 28.4 Å². The smallest absolute Gasteiger partial charge is 0.116 e. The predicted molar refractivity (Wildman–Crippen MR) is 63.1 cm³/mol. The van der Waals surface area contributed by atoms with Gasteiger partial charge in [0.05, 0.1) is 6.61 Å². The lowest BCUT2D eigenvalue weighted by Crippen LogP contribution is -2.60. The zero-order chi connectivity index (χ0) is 12.8. The summed E-state index contributed by atoms with van der Waals surface area (Å²) in [6.07, 6.45) is 0.647. The molecule has 17 heavy (non-hydrogen) atoms. The quantitative estimate of drug-likeness (QED) is 0.643. The molecule has 0 aliphatic carbocycles. The molecule has 0 amide bonds. The van der Waals surface area contributed by atoms with Gasteiger partial charge in [0.2, 0.25) is 0 Å². The Morgan fingerprint density at radius 1 is 1.00 bits per heavy atom. The van der Waals surface area contributed by atoms with E-state index in [4.69, 9.17) is 23.7 Å². The molecule has 0 radical (unpaired) electrons. The number of ether oxygens (including phenoxy) is 5. The van der Waals surface area contributed by atoms with Gasteiger partial charge in [-0.3, -0.25) is 0 Å². The summed E-state index contributed by atoms with van der Waals surface area (Å²) in [7, 11) is 6.52. The van der Waals surface area contributed by atoms with E-state index in [1.807, 2.05) is 0 Å². The first-order valence-electron chi connectivity index (χ1n) is 5.58. The Hall–Kier alpha value is -0.460. The number of rotatable bonds is 6. The maximum atomic E-state index is 5.84. The van der Waals surface area contributed by atoms with Crippen LogP contribution in [0.2, 0.25) is 0 Å². The molecule has 5 heteroatoms. The van der Waals surface area contributed by atoms with E-state index < -0.39 is 0 Å². The van der Waals surface area contributed by atoms with Crippen LogP contribution < -0.4 is 0 Å². The Labute approximate surface area is 103 Å². The van der Waals surface area contributed by atoms with Crippen molar-refractivity contribution in [2.75, 3.05) is 35.0 Å². The van der Waals surface area contributed by atoms with Crippen LogP contribution in [0.15, 0.2) is 12.7 Å². The maximum absolute atomic E-state index is 5.84. The summed E-state index contributed by atoms with van der Waals surface area (Å²) in [4.78, 5) is 0. The molecule has 1 aliphatic heterocycles. The van der Waals surface area contributed by atoms with Gasteiger partial charge < -0.3 is 23.7 Å². The average molecular weight is 246 g/mol. The summed E-state index contributed by atoms with van der Waals surface area (Å²) < 4.78 is 27.3. The monoisotopic (exact) mass is 246 g/mol. The van der Waals surface area contributed by atoms with E-state index in [-0.39, 0.29) is 30.5 Å². The molecule has 0 aromatic carbocycles. The molecule has 0 aromatic rings. The molecule has 1 aliphatic rings. The molecule has 0 unspecified atom stereocenters. The fourth-order valence-corrected chi connectivity index (χ4v) is 2.25. The molecule has 1 heterocycles. The van der Waals surface area contributed by atoms with Crippen LogP contribution in [0.4, 0.5) is 0 Å². The van der Waals surface area contributed by atoms with Gasteiger partial charge in [-0.2, -0.15) is 0 Å². The van der Waals surface area contributed by atoms with Crippen LogP contribution in [0.25, 0.3) is 0 Å². The molecule has 0 saturated carbocycles. The molecule has 0 N–H and O–H groups in total. The molecule has 0 aromatic heterocycles. The van der Waals surface area contributed by atoms with Gasteiger partial charge in [-0.1, -0.05) is 6.08 Å². The summed E-state index contributed by atoms with van der Waals surface area (Å²) in [6, 6.07) is 0. The Balaban J connectivity index is 2.88. The minimum atomic E-state index is -0.226. The van der Waals surface area contributed by atoms with Crippen molar-refractivity contribution in [2.45, 2.75) is 30.5 Å². The van der Waals surface area contributed by atoms with Crippen LogP contribution in [0.1, 0.15) is 0 Å². The highest BCUT2D eigenvalue weighted by molar-refractivity contribution is 5.01. The number of hydrogen-bond donors (Lipinski definition) is 0. The number of methoxy groups -OCH3 is 4. The van der Waals surface area contributed by atoms with Crippen molar-refractivity contribution in [1.29, 1.82) is 0 Å². The second-order valence-corrected chi connectivity index (χ2v) is 3.93. The van der Waals surface area contributed by atoms with Gasteiger partial charge in [-0.05, 0) is 0 Å². The lowest BCUT2D eigenvalue weighted by Gasteiger charge is -2.44. The van der Waals surface area contributed by atoms with Crippen LogP contribution in [0.5, 0.6) is 0 Å². The highest BCUT2D eigenvalue weighted by atomic mass is 16.6. The van der Waals surface area contributed by atoms with E-state index in [9.17, 15) is 0 Å². The van der Waals surface area contributed by atoms with E-state index in [1.165, 1.54) is 0 Å². The molecule has 0 bridgehead atoms. The van der Waals surface area contributed by atoms with Crippen LogP contribution in [-0.4, -0.2) is 65.6 Å². The third-order valence-electron chi connectivity index (χ3n) is 3.05.